The Morgan fingerprint density at radius 2 is 1.74 bits per heavy atom. The summed E-state index contributed by atoms with van der Waals surface area (Å²) in [6.45, 7) is 4.42. The first kappa shape index (κ1) is 21.8. The van der Waals surface area contributed by atoms with Crippen LogP contribution in [-0.2, 0) is 9.53 Å². The monoisotopic (exact) mass is 442 g/mol. The van der Waals surface area contributed by atoms with Crippen molar-refractivity contribution in [3.05, 3.63) is 0 Å². The standard InChI is InChI=1S/C22H35BrO3.CH4/c1-21(25)8-6-14-13-7-9-22(2)17(4-5-18(22)19(24)12-23)15(13)10-20(26-3)16(14)11-21;/h13-18,20,25H,4-12H2,1-3H3;1H4/t13-,14-,15-,16-,17+,18-,20-,21-,22+;/m1./s1. The van der Waals surface area contributed by atoms with Gasteiger partial charge in [0.2, 0.25) is 0 Å². The van der Waals surface area contributed by atoms with E-state index >= 15 is 0 Å². The lowest BCUT2D eigenvalue weighted by atomic mass is 9.48. The molecular formula is C23H39BrO3. The number of ether oxygens (including phenoxy) is 1. The van der Waals surface area contributed by atoms with E-state index in [4.69, 9.17) is 4.74 Å². The molecule has 4 aliphatic rings. The number of methoxy groups -OCH3 is 1. The van der Waals surface area contributed by atoms with Gasteiger partial charge in [0, 0.05) is 13.0 Å². The number of Topliss-reactive ketones (excluding diaryl/α,β-unsaturated/α-hetero) is 1. The molecule has 4 aliphatic carbocycles. The van der Waals surface area contributed by atoms with Crippen molar-refractivity contribution in [3.8, 4) is 0 Å². The summed E-state index contributed by atoms with van der Waals surface area (Å²) < 4.78 is 5.99. The summed E-state index contributed by atoms with van der Waals surface area (Å²) in [7, 11) is 1.86. The number of rotatable bonds is 3. The van der Waals surface area contributed by atoms with Gasteiger partial charge in [-0.2, -0.15) is 0 Å². The molecule has 0 aromatic rings. The van der Waals surface area contributed by atoms with Crippen molar-refractivity contribution in [3.63, 3.8) is 0 Å². The molecule has 0 aromatic carbocycles. The van der Waals surface area contributed by atoms with Crippen molar-refractivity contribution >= 4 is 21.7 Å². The third-order valence-electron chi connectivity index (χ3n) is 9.09. The van der Waals surface area contributed by atoms with Crippen LogP contribution in [0.4, 0.5) is 0 Å². The molecule has 0 unspecified atom stereocenters. The molecule has 0 spiro atoms. The van der Waals surface area contributed by atoms with Crippen molar-refractivity contribution in [2.75, 3.05) is 12.4 Å². The van der Waals surface area contributed by atoms with Crippen LogP contribution in [0.1, 0.15) is 72.6 Å². The summed E-state index contributed by atoms with van der Waals surface area (Å²) >= 11 is 3.42. The molecule has 3 nitrogen and oxygen atoms in total. The Hall–Kier alpha value is 0.0700. The van der Waals surface area contributed by atoms with E-state index in [2.05, 4.69) is 22.9 Å². The summed E-state index contributed by atoms with van der Waals surface area (Å²) in [4.78, 5) is 12.6. The van der Waals surface area contributed by atoms with E-state index in [1.807, 2.05) is 14.0 Å². The molecule has 4 fully saturated rings. The second kappa shape index (κ2) is 7.72. The molecule has 156 valence electrons. The van der Waals surface area contributed by atoms with Gasteiger partial charge in [-0.15, -0.1) is 0 Å². The second-order valence-electron chi connectivity index (χ2n) is 10.3. The fraction of sp³-hybridized carbons (Fsp3) is 0.957. The quantitative estimate of drug-likeness (QED) is 0.608. The van der Waals surface area contributed by atoms with Crippen LogP contribution in [0.15, 0.2) is 0 Å². The smallest absolute Gasteiger partial charge is 0.147 e. The van der Waals surface area contributed by atoms with Crippen LogP contribution >= 0.6 is 15.9 Å². The Morgan fingerprint density at radius 1 is 1.07 bits per heavy atom. The molecular weight excluding hydrogens is 404 g/mol. The van der Waals surface area contributed by atoms with Crippen molar-refractivity contribution < 1.29 is 14.6 Å². The van der Waals surface area contributed by atoms with Gasteiger partial charge in [0.05, 0.1) is 17.0 Å². The number of halogens is 1. The van der Waals surface area contributed by atoms with E-state index in [9.17, 15) is 9.90 Å². The Balaban J connectivity index is 0.00000210. The Kier molecular flexibility index (Phi) is 6.22. The van der Waals surface area contributed by atoms with E-state index in [1.54, 1.807) is 0 Å². The first-order valence-electron chi connectivity index (χ1n) is 10.6. The maximum absolute atomic E-state index is 12.6. The Bertz CT molecular complexity index is 562. The van der Waals surface area contributed by atoms with Crippen LogP contribution in [0, 0.1) is 40.9 Å². The number of aliphatic hydroxyl groups is 1. The number of hydrogen-bond donors (Lipinski definition) is 1. The summed E-state index contributed by atoms with van der Waals surface area (Å²) in [5.74, 6) is 4.03. The lowest BCUT2D eigenvalue weighted by Crippen LogP contribution is -2.55. The highest BCUT2D eigenvalue weighted by molar-refractivity contribution is 9.09. The maximum Gasteiger partial charge on any atom is 0.147 e. The van der Waals surface area contributed by atoms with Gasteiger partial charge in [-0.3, -0.25) is 4.79 Å². The molecule has 27 heavy (non-hydrogen) atoms. The fourth-order valence-electron chi connectivity index (χ4n) is 7.92. The molecule has 0 heterocycles. The van der Waals surface area contributed by atoms with Gasteiger partial charge in [-0.25, -0.2) is 0 Å². The Morgan fingerprint density at radius 3 is 2.41 bits per heavy atom. The van der Waals surface area contributed by atoms with Gasteiger partial charge in [-0.1, -0.05) is 30.3 Å². The minimum Gasteiger partial charge on any atom is -0.390 e. The number of carbonyl (C=O) groups excluding carboxylic acids is 1. The van der Waals surface area contributed by atoms with E-state index in [1.165, 1.54) is 19.3 Å². The normalized spacial score (nSPS) is 51.5. The van der Waals surface area contributed by atoms with Crippen molar-refractivity contribution in [2.24, 2.45) is 40.9 Å². The van der Waals surface area contributed by atoms with E-state index in [-0.39, 0.29) is 24.9 Å². The third-order valence-corrected chi connectivity index (χ3v) is 9.64. The van der Waals surface area contributed by atoms with Crippen LogP contribution in [0.25, 0.3) is 0 Å². The topological polar surface area (TPSA) is 46.5 Å². The zero-order valence-electron chi connectivity index (χ0n) is 16.5. The van der Waals surface area contributed by atoms with Crippen LogP contribution in [0.2, 0.25) is 0 Å². The molecule has 4 heteroatoms. The summed E-state index contributed by atoms with van der Waals surface area (Å²) in [6.07, 6.45) is 9.15. The van der Waals surface area contributed by atoms with Crippen molar-refractivity contribution in [2.45, 2.75) is 84.3 Å². The van der Waals surface area contributed by atoms with Gasteiger partial charge < -0.3 is 9.84 Å². The van der Waals surface area contributed by atoms with E-state index in [0.717, 1.165) is 38.0 Å². The zero-order chi connectivity index (χ0) is 18.7. The van der Waals surface area contributed by atoms with Gasteiger partial charge in [0.1, 0.15) is 5.78 Å². The molecule has 1 N–H and O–H groups in total. The average Bonchev–Trinajstić information content (AvgIpc) is 2.96. The molecule has 0 saturated heterocycles. The van der Waals surface area contributed by atoms with E-state index < -0.39 is 5.60 Å². The van der Waals surface area contributed by atoms with E-state index in [0.29, 0.717) is 34.8 Å². The van der Waals surface area contributed by atoms with Crippen LogP contribution in [-0.4, -0.2) is 35.0 Å². The largest absolute Gasteiger partial charge is 0.390 e. The number of ketones is 1. The molecule has 9 atom stereocenters. The average molecular weight is 443 g/mol. The number of fused-ring (bicyclic) bond motifs is 5. The first-order chi connectivity index (χ1) is 12.3. The lowest BCUT2D eigenvalue weighted by molar-refractivity contribution is -0.154. The molecule has 0 radical (unpaired) electrons. The van der Waals surface area contributed by atoms with Crippen molar-refractivity contribution in [1.82, 2.24) is 0 Å². The van der Waals surface area contributed by atoms with Gasteiger partial charge in [-0.05, 0) is 93.3 Å². The molecule has 0 bridgehead atoms. The van der Waals surface area contributed by atoms with Gasteiger partial charge >= 0.3 is 0 Å². The molecule has 0 aliphatic heterocycles. The Labute approximate surface area is 174 Å². The minimum atomic E-state index is -0.519. The highest BCUT2D eigenvalue weighted by Crippen LogP contribution is 2.65. The van der Waals surface area contributed by atoms with Crippen molar-refractivity contribution in [1.29, 1.82) is 0 Å². The summed E-state index contributed by atoms with van der Waals surface area (Å²) in [6, 6.07) is 0. The molecule has 0 aromatic heterocycles. The highest BCUT2D eigenvalue weighted by Gasteiger charge is 2.60. The fourth-order valence-corrected chi connectivity index (χ4v) is 8.31. The predicted octanol–water partition coefficient (Wildman–Crippen LogP) is 5.23. The van der Waals surface area contributed by atoms with Gasteiger partial charge in [0.25, 0.3) is 0 Å². The molecule has 4 rings (SSSR count). The second-order valence-corrected chi connectivity index (χ2v) is 10.8. The highest BCUT2D eigenvalue weighted by atomic mass is 79.9. The zero-order valence-corrected chi connectivity index (χ0v) is 18.1. The predicted molar refractivity (Wildman–Crippen MR) is 113 cm³/mol. The third kappa shape index (κ3) is 3.46. The number of hydrogen-bond acceptors (Lipinski definition) is 3. The first-order valence-corrected chi connectivity index (χ1v) is 11.8. The van der Waals surface area contributed by atoms with Crippen LogP contribution < -0.4 is 0 Å². The molecule has 0 amide bonds. The minimum absolute atomic E-state index is 0. The van der Waals surface area contributed by atoms with Gasteiger partial charge in [0.15, 0.2) is 0 Å². The lowest BCUT2D eigenvalue weighted by Gasteiger charge is -2.58. The van der Waals surface area contributed by atoms with Crippen LogP contribution in [0.5, 0.6) is 0 Å². The number of carbonyl (C=O) groups is 1. The number of alkyl halides is 1. The summed E-state index contributed by atoms with van der Waals surface area (Å²) in [5, 5.41) is 11.1. The maximum atomic E-state index is 12.6. The summed E-state index contributed by atoms with van der Waals surface area (Å²) in [5.41, 5.74) is -0.327. The SMILES string of the molecule is C.CO[C@@H]1C[C@@H]2[C@H](CC[C@]3(C)[C@@H](C(=O)CBr)CC[C@@H]23)[C@H]2CC[C@@](C)(O)C[C@H]21. The van der Waals surface area contributed by atoms with Crippen LogP contribution in [0.3, 0.4) is 0 Å². The molecule has 4 saturated carbocycles.